The van der Waals surface area contributed by atoms with Crippen LogP contribution < -0.4 is 11.1 Å². The zero-order valence-corrected chi connectivity index (χ0v) is 11.3. The quantitative estimate of drug-likeness (QED) is 0.649. The van der Waals surface area contributed by atoms with Crippen LogP contribution in [0, 0.1) is 0 Å². The van der Waals surface area contributed by atoms with E-state index in [1.54, 1.807) is 12.1 Å². The van der Waals surface area contributed by atoms with Crippen molar-refractivity contribution in [3.8, 4) is 0 Å². The van der Waals surface area contributed by atoms with Crippen molar-refractivity contribution in [3.63, 3.8) is 0 Å². The van der Waals surface area contributed by atoms with Crippen LogP contribution in [0.2, 0.25) is 0 Å². The Kier molecular flexibility index (Phi) is 4.36. The van der Waals surface area contributed by atoms with Gasteiger partial charge in [-0.3, -0.25) is 0 Å². The van der Waals surface area contributed by atoms with Crippen LogP contribution in [0.1, 0.15) is 23.2 Å². The number of rotatable bonds is 3. The van der Waals surface area contributed by atoms with E-state index >= 15 is 0 Å². The molecule has 2 rings (SSSR count). The predicted molar refractivity (Wildman–Crippen MR) is 76.2 cm³/mol. The number of esters is 1. The highest BCUT2D eigenvalue weighted by atomic mass is 32.2. The molecule has 1 atom stereocenters. The van der Waals surface area contributed by atoms with Gasteiger partial charge in [0.25, 0.3) is 0 Å². The van der Waals surface area contributed by atoms with Crippen molar-refractivity contribution in [1.82, 2.24) is 0 Å². The molecule has 1 saturated heterocycles. The monoisotopic (exact) mass is 266 g/mol. The van der Waals surface area contributed by atoms with E-state index in [-0.39, 0.29) is 0 Å². The maximum absolute atomic E-state index is 11.5. The summed E-state index contributed by atoms with van der Waals surface area (Å²) in [5, 5.41) is 3.44. The number of nitrogens with two attached hydrogens (primary N) is 1. The molecule has 1 aromatic rings. The van der Waals surface area contributed by atoms with E-state index in [9.17, 15) is 4.79 Å². The highest BCUT2D eigenvalue weighted by Gasteiger charge is 2.15. The highest BCUT2D eigenvalue weighted by molar-refractivity contribution is 7.99. The molecule has 4 nitrogen and oxygen atoms in total. The van der Waals surface area contributed by atoms with Crippen molar-refractivity contribution in [2.45, 2.75) is 18.9 Å². The topological polar surface area (TPSA) is 64.3 Å². The number of nitrogens with one attached hydrogen (secondary N) is 1. The summed E-state index contributed by atoms with van der Waals surface area (Å²) in [6, 6.07) is 5.88. The molecule has 0 bridgehead atoms. The number of carbonyl (C=O) groups excluding carboxylic acids is 1. The van der Waals surface area contributed by atoms with Gasteiger partial charge in [0.15, 0.2) is 0 Å². The lowest BCUT2D eigenvalue weighted by molar-refractivity contribution is 0.0602. The van der Waals surface area contributed by atoms with Crippen LogP contribution in [0.15, 0.2) is 18.2 Å². The number of nitrogen functional groups attached to an aromatic ring is 1. The lowest BCUT2D eigenvalue weighted by Crippen LogP contribution is -2.25. The molecule has 1 fully saturated rings. The molecule has 0 amide bonds. The standard InChI is InChI=1S/C13H18N2O2S/c1-17-13(16)11-7-9(4-5-12(11)14)15-10-3-2-6-18-8-10/h4-5,7,10,15H,2-3,6,8,14H2,1H3. The highest BCUT2D eigenvalue weighted by Crippen LogP contribution is 2.23. The lowest BCUT2D eigenvalue weighted by Gasteiger charge is -2.23. The van der Waals surface area contributed by atoms with Gasteiger partial charge in [-0.05, 0) is 36.8 Å². The molecule has 0 spiro atoms. The number of carbonyl (C=O) groups is 1. The van der Waals surface area contributed by atoms with Crippen LogP contribution in [0.5, 0.6) is 0 Å². The first-order valence-corrected chi connectivity index (χ1v) is 7.18. The molecule has 1 aliphatic rings. The number of anilines is 2. The molecule has 98 valence electrons. The molecule has 1 unspecified atom stereocenters. The predicted octanol–water partition coefficient (Wildman–Crippen LogP) is 2.36. The SMILES string of the molecule is COC(=O)c1cc(NC2CCCSC2)ccc1N. The zero-order valence-electron chi connectivity index (χ0n) is 10.4. The Hall–Kier alpha value is -1.36. The minimum Gasteiger partial charge on any atom is -0.465 e. The second kappa shape index (κ2) is 6.00. The zero-order chi connectivity index (χ0) is 13.0. The Bertz CT molecular complexity index is 431. The molecule has 1 aromatic carbocycles. The molecule has 5 heteroatoms. The van der Waals surface area contributed by atoms with Gasteiger partial charge in [0.2, 0.25) is 0 Å². The van der Waals surface area contributed by atoms with Gasteiger partial charge < -0.3 is 15.8 Å². The molecular formula is C13H18N2O2S. The summed E-state index contributed by atoms with van der Waals surface area (Å²) in [5.74, 6) is 1.96. The molecular weight excluding hydrogens is 248 g/mol. The number of thioether (sulfide) groups is 1. The van der Waals surface area contributed by atoms with Gasteiger partial charge >= 0.3 is 5.97 Å². The van der Waals surface area contributed by atoms with E-state index in [4.69, 9.17) is 10.5 Å². The normalized spacial score (nSPS) is 19.3. The van der Waals surface area contributed by atoms with Crippen molar-refractivity contribution >= 4 is 29.1 Å². The summed E-state index contributed by atoms with van der Waals surface area (Å²) in [7, 11) is 1.36. The van der Waals surface area contributed by atoms with E-state index in [2.05, 4.69) is 5.32 Å². The second-order valence-corrected chi connectivity index (χ2v) is 5.50. The maximum Gasteiger partial charge on any atom is 0.340 e. The Morgan fingerprint density at radius 2 is 2.39 bits per heavy atom. The molecule has 3 N–H and O–H groups in total. The van der Waals surface area contributed by atoms with Crippen LogP contribution in [-0.4, -0.2) is 30.6 Å². The Morgan fingerprint density at radius 1 is 1.56 bits per heavy atom. The first kappa shape index (κ1) is 13.1. The third-order valence-corrected chi connectivity index (χ3v) is 4.21. The van der Waals surface area contributed by atoms with Crippen molar-refractivity contribution in [3.05, 3.63) is 23.8 Å². The van der Waals surface area contributed by atoms with Gasteiger partial charge in [-0.25, -0.2) is 4.79 Å². The van der Waals surface area contributed by atoms with Gasteiger partial charge in [0.05, 0.1) is 12.7 Å². The van der Waals surface area contributed by atoms with Crippen LogP contribution >= 0.6 is 11.8 Å². The van der Waals surface area contributed by atoms with E-state index in [1.165, 1.54) is 25.7 Å². The van der Waals surface area contributed by atoms with Crippen molar-refractivity contribution in [2.24, 2.45) is 0 Å². The van der Waals surface area contributed by atoms with E-state index < -0.39 is 5.97 Å². The lowest BCUT2D eigenvalue weighted by atomic mass is 10.1. The molecule has 1 heterocycles. The third kappa shape index (κ3) is 3.10. The summed E-state index contributed by atoms with van der Waals surface area (Å²) in [6.45, 7) is 0. The average molecular weight is 266 g/mol. The largest absolute Gasteiger partial charge is 0.465 e. The first-order chi connectivity index (χ1) is 8.70. The molecule has 1 aliphatic heterocycles. The summed E-state index contributed by atoms with van der Waals surface area (Å²) in [6.07, 6.45) is 2.41. The Morgan fingerprint density at radius 3 is 3.06 bits per heavy atom. The molecule has 0 aliphatic carbocycles. The number of benzene rings is 1. The van der Waals surface area contributed by atoms with Crippen LogP contribution in [-0.2, 0) is 4.74 Å². The number of hydrogen-bond acceptors (Lipinski definition) is 5. The fraction of sp³-hybridized carbons (Fsp3) is 0.462. The van der Waals surface area contributed by atoms with Crippen LogP contribution in [0.3, 0.4) is 0 Å². The molecule has 18 heavy (non-hydrogen) atoms. The van der Waals surface area contributed by atoms with Crippen molar-refractivity contribution in [2.75, 3.05) is 29.7 Å². The summed E-state index contributed by atoms with van der Waals surface area (Å²) < 4.78 is 4.71. The van der Waals surface area contributed by atoms with E-state index in [0.29, 0.717) is 17.3 Å². The third-order valence-electron chi connectivity index (χ3n) is 2.99. The number of hydrogen-bond donors (Lipinski definition) is 2. The van der Waals surface area contributed by atoms with Gasteiger partial charge in [0.1, 0.15) is 0 Å². The smallest absolute Gasteiger partial charge is 0.340 e. The van der Waals surface area contributed by atoms with Crippen molar-refractivity contribution < 1.29 is 9.53 Å². The molecule has 0 saturated carbocycles. The van der Waals surface area contributed by atoms with Gasteiger partial charge in [-0.15, -0.1) is 0 Å². The summed E-state index contributed by atoms with van der Waals surface area (Å²) in [4.78, 5) is 11.5. The fourth-order valence-electron chi connectivity index (χ4n) is 2.02. The van der Waals surface area contributed by atoms with Crippen LogP contribution in [0.4, 0.5) is 11.4 Å². The summed E-state index contributed by atoms with van der Waals surface area (Å²) >= 11 is 1.96. The summed E-state index contributed by atoms with van der Waals surface area (Å²) in [5.41, 5.74) is 7.57. The second-order valence-electron chi connectivity index (χ2n) is 4.35. The fourth-order valence-corrected chi connectivity index (χ4v) is 3.10. The molecule has 0 aromatic heterocycles. The number of methoxy groups -OCH3 is 1. The Balaban J connectivity index is 2.11. The maximum atomic E-state index is 11.5. The van der Waals surface area contributed by atoms with Crippen molar-refractivity contribution in [1.29, 1.82) is 0 Å². The van der Waals surface area contributed by atoms with E-state index in [1.807, 2.05) is 17.8 Å². The van der Waals surface area contributed by atoms with Gasteiger partial charge in [-0.1, -0.05) is 0 Å². The van der Waals surface area contributed by atoms with Crippen LogP contribution in [0.25, 0.3) is 0 Å². The van der Waals surface area contributed by atoms with Gasteiger partial charge in [0, 0.05) is 23.2 Å². The average Bonchev–Trinajstić information content (AvgIpc) is 2.41. The first-order valence-electron chi connectivity index (χ1n) is 6.03. The van der Waals surface area contributed by atoms with Gasteiger partial charge in [-0.2, -0.15) is 11.8 Å². The Labute approximate surface area is 111 Å². The molecule has 0 radical (unpaired) electrons. The minimum absolute atomic E-state index is 0.394. The number of ether oxygens (including phenoxy) is 1. The minimum atomic E-state index is -0.394. The van der Waals surface area contributed by atoms with E-state index in [0.717, 1.165) is 11.4 Å².